The van der Waals surface area contributed by atoms with E-state index in [1.165, 1.54) is 39.0 Å². The zero-order valence-corrected chi connectivity index (χ0v) is 21.9. The molecule has 0 bridgehead atoms. The number of carboxylic acids is 1. The summed E-state index contributed by atoms with van der Waals surface area (Å²) < 4.78 is 20.5. The van der Waals surface area contributed by atoms with E-state index in [4.69, 9.17) is 29.2 Å². The van der Waals surface area contributed by atoms with Gasteiger partial charge < -0.3 is 34.1 Å². The zero-order valence-electron chi connectivity index (χ0n) is 21.9. The minimum absolute atomic E-state index is 0.0875. The molecule has 0 saturated heterocycles. The van der Waals surface area contributed by atoms with Crippen molar-refractivity contribution in [3.8, 4) is 23.0 Å². The Morgan fingerprint density at radius 1 is 0.971 bits per heavy atom. The summed E-state index contributed by atoms with van der Waals surface area (Å²) >= 11 is 0. The SMILES string of the molecule is CCOc1ccc(CC(C)N(CC)CCCCO)cc1.COc1cc(C(=O)O)cc(OC)c1OC. The number of rotatable bonds is 14. The topological polar surface area (TPSA) is 97.7 Å². The highest BCUT2D eigenvalue weighted by Crippen LogP contribution is 2.38. The van der Waals surface area contributed by atoms with Gasteiger partial charge in [-0.1, -0.05) is 19.1 Å². The molecule has 0 spiro atoms. The number of carboxylic acid groups (broad SMARTS) is 1. The molecule has 0 heterocycles. The van der Waals surface area contributed by atoms with Crippen molar-refractivity contribution >= 4 is 5.97 Å². The van der Waals surface area contributed by atoms with Crippen LogP contribution in [0, 0.1) is 0 Å². The predicted octanol–water partition coefficient (Wildman–Crippen LogP) is 4.52. The smallest absolute Gasteiger partial charge is 0.335 e. The molecule has 0 aliphatic carbocycles. The van der Waals surface area contributed by atoms with Gasteiger partial charge in [0.15, 0.2) is 11.5 Å². The highest BCUT2D eigenvalue weighted by molar-refractivity contribution is 5.89. The molecule has 0 aliphatic rings. The Balaban J connectivity index is 0.000000365. The molecule has 35 heavy (non-hydrogen) atoms. The van der Waals surface area contributed by atoms with Crippen molar-refractivity contribution in [2.24, 2.45) is 0 Å². The second-order valence-electron chi connectivity index (χ2n) is 7.91. The first-order chi connectivity index (χ1) is 16.8. The fourth-order valence-corrected chi connectivity index (χ4v) is 3.68. The largest absolute Gasteiger partial charge is 0.494 e. The normalized spacial score (nSPS) is 11.3. The molecule has 0 aromatic heterocycles. The number of aliphatic hydroxyl groups is 1. The standard InChI is InChI=1S/C17H29NO2.C10H12O5/c1-4-18(12-6-7-13-19)15(3)14-16-8-10-17(11-9-16)20-5-2;1-13-7-4-6(10(11)12)5-8(14-2)9(7)15-3/h8-11,15,19H,4-7,12-14H2,1-3H3;4-5H,1-3H3,(H,11,12). The maximum Gasteiger partial charge on any atom is 0.335 e. The van der Waals surface area contributed by atoms with Gasteiger partial charge in [0.2, 0.25) is 5.75 Å². The maximum absolute atomic E-state index is 10.8. The lowest BCUT2D eigenvalue weighted by molar-refractivity contribution is 0.0696. The Hall–Kier alpha value is -2.97. The number of hydrogen-bond donors (Lipinski definition) is 2. The molecule has 0 amide bonds. The van der Waals surface area contributed by atoms with Crippen molar-refractivity contribution in [1.29, 1.82) is 0 Å². The molecular weight excluding hydrogens is 450 g/mol. The van der Waals surface area contributed by atoms with E-state index in [0.717, 1.165) is 38.1 Å². The van der Waals surface area contributed by atoms with Gasteiger partial charge in [-0.2, -0.15) is 0 Å². The van der Waals surface area contributed by atoms with Gasteiger partial charge in [0, 0.05) is 12.6 Å². The van der Waals surface area contributed by atoms with E-state index >= 15 is 0 Å². The van der Waals surface area contributed by atoms with Crippen molar-refractivity contribution in [2.45, 2.75) is 46.1 Å². The molecule has 2 aromatic carbocycles. The van der Waals surface area contributed by atoms with Crippen molar-refractivity contribution < 1.29 is 34.0 Å². The molecule has 0 fully saturated rings. The molecule has 0 aliphatic heterocycles. The highest BCUT2D eigenvalue weighted by Gasteiger charge is 2.16. The minimum atomic E-state index is -1.05. The summed E-state index contributed by atoms with van der Waals surface area (Å²) in [6, 6.07) is 11.7. The van der Waals surface area contributed by atoms with E-state index in [-0.39, 0.29) is 5.56 Å². The van der Waals surface area contributed by atoms with Gasteiger partial charge in [0.25, 0.3) is 0 Å². The Kier molecular flexibility index (Phi) is 14.3. The maximum atomic E-state index is 10.8. The first-order valence-electron chi connectivity index (χ1n) is 11.9. The summed E-state index contributed by atoms with van der Waals surface area (Å²) in [7, 11) is 4.33. The van der Waals surface area contributed by atoms with E-state index < -0.39 is 5.97 Å². The number of ether oxygens (including phenoxy) is 4. The third kappa shape index (κ3) is 10.0. The van der Waals surface area contributed by atoms with E-state index in [1.54, 1.807) is 0 Å². The Labute approximate surface area is 209 Å². The molecule has 2 aromatic rings. The summed E-state index contributed by atoms with van der Waals surface area (Å²) in [5.74, 6) is 0.932. The van der Waals surface area contributed by atoms with Gasteiger partial charge in [-0.25, -0.2) is 4.79 Å². The molecule has 196 valence electrons. The molecule has 1 unspecified atom stereocenters. The lowest BCUT2D eigenvalue weighted by atomic mass is 10.1. The van der Waals surface area contributed by atoms with Crippen LogP contribution in [0.5, 0.6) is 23.0 Å². The van der Waals surface area contributed by atoms with Crippen LogP contribution < -0.4 is 18.9 Å². The predicted molar refractivity (Wildman–Crippen MR) is 137 cm³/mol. The average Bonchev–Trinajstić information content (AvgIpc) is 2.87. The Morgan fingerprint density at radius 3 is 2.00 bits per heavy atom. The number of benzene rings is 2. The van der Waals surface area contributed by atoms with Gasteiger partial charge in [-0.05, 0) is 76.0 Å². The first kappa shape index (κ1) is 30.1. The number of unbranched alkanes of at least 4 members (excludes halogenated alkanes) is 1. The lowest BCUT2D eigenvalue weighted by Crippen LogP contribution is -2.35. The lowest BCUT2D eigenvalue weighted by Gasteiger charge is -2.28. The molecule has 2 N–H and O–H groups in total. The summed E-state index contributed by atoms with van der Waals surface area (Å²) in [5, 5.41) is 17.7. The van der Waals surface area contributed by atoms with Crippen LogP contribution in [0.2, 0.25) is 0 Å². The van der Waals surface area contributed by atoms with Gasteiger partial charge in [0.1, 0.15) is 5.75 Å². The molecular formula is C27H41NO7. The second-order valence-corrected chi connectivity index (χ2v) is 7.91. The number of hydrogen-bond acceptors (Lipinski definition) is 7. The first-order valence-corrected chi connectivity index (χ1v) is 11.9. The number of carbonyl (C=O) groups is 1. The van der Waals surface area contributed by atoms with Crippen molar-refractivity contribution in [3.05, 3.63) is 47.5 Å². The minimum Gasteiger partial charge on any atom is -0.494 e. The van der Waals surface area contributed by atoms with Crippen molar-refractivity contribution in [1.82, 2.24) is 4.90 Å². The van der Waals surface area contributed by atoms with E-state index in [0.29, 0.717) is 36.5 Å². The third-order valence-electron chi connectivity index (χ3n) is 5.56. The fourth-order valence-electron chi connectivity index (χ4n) is 3.68. The van der Waals surface area contributed by atoms with Gasteiger partial charge in [-0.15, -0.1) is 0 Å². The number of aliphatic hydroxyl groups excluding tert-OH is 1. The third-order valence-corrected chi connectivity index (χ3v) is 5.56. The summed E-state index contributed by atoms with van der Waals surface area (Å²) in [4.78, 5) is 13.3. The van der Waals surface area contributed by atoms with Crippen molar-refractivity contribution in [3.63, 3.8) is 0 Å². The zero-order chi connectivity index (χ0) is 26.2. The van der Waals surface area contributed by atoms with E-state index in [9.17, 15) is 4.79 Å². The van der Waals surface area contributed by atoms with Crippen LogP contribution in [0.3, 0.4) is 0 Å². The average molecular weight is 492 g/mol. The van der Waals surface area contributed by atoms with Crippen LogP contribution in [0.15, 0.2) is 36.4 Å². The molecule has 2 rings (SSSR count). The van der Waals surface area contributed by atoms with Crippen LogP contribution in [0.4, 0.5) is 0 Å². The number of methoxy groups -OCH3 is 3. The molecule has 0 saturated carbocycles. The molecule has 8 nitrogen and oxygen atoms in total. The van der Waals surface area contributed by atoms with E-state index in [1.807, 2.05) is 19.1 Å². The molecule has 1 atom stereocenters. The highest BCUT2D eigenvalue weighted by atomic mass is 16.5. The number of aromatic carboxylic acids is 1. The van der Waals surface area contributed by atoms with Crippen LogP contribution >= 0.6 is 0 Å². The summed E-state index contributed by atoms with van der Waals surface area (Å²) in [6.07, 6.45) is 3.02. The van der Waals surface area contributed by atoms with E-state index in [2.05, 4.69) is 30.9 Å². The number of nitrogens with zero attached hydrogens (tertiary/aromatic N) is 1. The quantitative estimate of drug-likeness (QED) is 0.372. The van der Waals surface area contributed by atoms with Gasteiger partial charge in [0.05, 0.1) is 33.5 Å². The Morgan fingerprint density at radius 2 is 1.57 bits per heavy atom. The summed E-state index contributed by atoms with van der Waals surface area (Å²) in [6.45, 7) is 9.61. The second kappa shape index (κ2) is 16.6. The van der Waals surface area contributed by atoms with Crippen LogP contribution in [0.25, 0.3) is 0 Å². The Bertz CT molecular complexity index is 845. The van der Waals surface area contributed by atoms with Crippen LogP contribution in [-0.2, 0) is 6.42 Å². The van der Waals surface area contributed by atoms with Crippen molar-refractivity contribution in [2.75, 3.05) is 47.6 Å². The monoisotopic (exact) mass is 491 g/mol. The summed E-state index contributed by atoms with van der Waals surface area (Å²) in [5.41, 5.74) is 1.44. The van der Waals surface area contributed by atoms with Crippen LogP contribution in [-0.4, -0.2) is 74.8 Å². The van der Waals surface area contributed by atoms with Gasteiger partial charge in [-0.3, -0.25) is 0 Å². The van der Waals surface area contributed by atoms with Crippen LogP contribution in [0.1, 0.15) is 49.5 Å². The number of likely N-dealkylation sites (N-methyl/N-ethyl adjacent to an activating group) is 1. The van der Waals surface area contributed by atoms with Gasteiger partial charge >= 0.3 is 5.97 Å². The molecule has 8 heteroatoms. The fraction of sp³-hybridized carbons (Fsp3) is 0.519. The molecule has 0 radical (unpaired) electrons.